The number of piperazine rings is 1. The number of halogens is 3. The fourth-order valence-electron chi connectivity index (χ4n) is 9.75. The first kappa shape index (κ1) is 40.8. The lowest BCUT2D eigenvalue weighted by molar-refractivity contribution is -0.135. The number of hydrogen-bond acceptors (Lipinski definition) is 11. The molecule has 2 bridgehead atoms. The van der Waals surface area contributed by atoms with E-state index < -0.39 is 46.6 Å². The van der Waals surface area contributed by atoms with Crippen LogP contribution in [0.5, 0.6) is 5.75 Å². The third-order valence-electron chi connectivity index (χ3n) is 13.6. The number of rotatable bonds is 11. The van der Waals surface area contributed by atoms with Crippen LogP contribution < -0.4 is 21.2 Å². The van der Waals surface area contributed by atoms with Crippen LogP contribution in [0.1, 0.15) is 85.4 Å². The number of imide groups is 1. The number of thiazole rings is 1. The molecule has 3 aliphatic carbocycles. The highest BCUT2D eigenvalue weighted by atomic mass is 32.1. The predicted molar refractivity (Wildman–Crippen MR) is 221 cm³/mol. The lowest BCUT2D eigenvalue weighted by Crippen LogP contribution is -2.49. The number of amides is 3. The van der Waals surface area contributed by atoms with Crippen LogP contribution in [0.15, 0.2) is 46.7 Å². The smallest absolute Gasteiger partial charge is 0.329 e. The first-order chi connectivity index (χ1) is 29.3. The molecule has 2 saturated heterocycles. The Morgan fingerprint density at radius 2 is 1.72 bits per heavy atom. The molecule has 3 N–H and O–H groups in total. The van der Waals surface area contributed by atoms with Gasteiger partial charge in [-0.05, 0) is 99.6 Å². The Kier molecular flexibility index (Phi) is 10.7. The highest BCUT2D eigenvalue weighted by Gasteiger charge is 2.50. The fourth-order valence-corrected chi connectivity index (χ4v) is 10.7. The molecule has 2 aromatic carbocycles. The number of aryl methyl sites for hydroxylation is 2. The van der Waals surface area contributed by atoms with Gasteiger partial charge in [0.2, 0.25) is 23.6 Å². The Morgan fingerprint density at radius 3 is 2.46 bits per heavy atom. The standard InChI is InChI=1S/C43H46F3N9O5S/c1-52-31-21-25(4-5-29(31)55(41(52)60)30-6-7-33(56)51-38(30)59)3-2-16-53-17-19-54(20-18-53)40-47-15-8-28(49-40)39-50-32(23-61-39)43-12-9-42(10-13-43,11-14-43)24-48-37(58)26-22-27(44)36(57)35(46)34(26)45/h4-5,8,15,21-23,30,57H,2-3,6-7,9-14,16-20,24H2,1H3,(H,48,58)(H,51,56,59)/t30?,42-,43+. The molecular weight excluding hydrogens is 812 g/mol. The molecule has 1 atom stereocenters. The van der Waals surface area contributed by atoms with Gasteiger partial charge in [-0.15, -0.1) is 11.3 Å². The van der Waals surface area contributed by atoms with Crippen LogP contribution in [0.2, 0.25) is 0 Å². The molecule has 5 fully saturated rings. The van der Waals surface area contributed by atoms with Crippen LogP contribution in [0.4, 0.5) is 19.1 Å². The number of carbonyl (C=O) groups excluding carboxylic acids is 3. The summed E-state index contributed by atoms with van der Waals surface area (Å²) < 4.78 is 45.1. The van der Waals surface area contributed by atoms with Crippen LogP contribution in [0, 0.1) is 22.9 Å². The van der Waals surface area contributed by atoms with E-state index in [0.717, 1.165) is 112 Å². The second kappa shape index (κ2) is 16.0. The molecule has 5 aromatic rings. The van der Waals surface area contributed by atoms with Crippen molar-refractivity contribution in [2.75, 3.05) is 44.2 Å². The fraction of sp³-hybridized carbons (Fsp3) is 0.465. The summed E-state index contributed by atoms with van der Waals surface area (Å²) in [5, 5.41) is 17.3. The number of imidazole rings is 1. The van der Waals surface area contributed by atoms with Crippen molar-refractivity contribution in [1.29, 1.82) is 0 Å². The summed E-state index contributed by atoms with van der Waals surface area (Å²) in [5.41, 5.74) is 3.07. The van der Waals surface area contributed by atoms with E-state index in [1.165, 1.54) is 4.57 Å². The molecule has 5 heterocycles. The van der Waals surface area contributed by atoms with E-state index in [9.17, 15) is 37.5 Å². The Hall–Kier alpha value is -5.62. The van der Waals surface area contributed by atoms with Crippen molar-refractivity contribution >= 4 is 46.0 Å². The van der Waals surface area contributed by atoms with Gasteiger partial charge in [-0.25, -0.2) is 28.5 Å². The largest absolute Gasteiger partial charge is 0.503 e. The lowest BCUT2D eigenvalue weighted by Gasteiger charge is -2.53. The van der Waals surface area contributed by atoms with Gasteiger partial charge in [0.1, 0.15) is 16.7 Å². The number of hydrogen-bond donors (Lipinski definition) is 3. The summed E-state index contributed by atoms with van der Waals surface area (Å²) in [5.74, 6) is -7.18. The number of phenolic OH excluding ortho intramolecular Hbond substituents is 1. The minimum absolute atomic E-state index is 0.0864. The van der Waals surface area contributed by atoms with E-state index in [-0.39, 0.29) is 35.4 Å². The second-order valence-electron chi connectivity index (χ2n) is 17.1. The average Bonchev–Trinajstić information content (AvgIpc) is 3.88. The van der Waals surface area contributed by atoms with Crippen molar-refractivity contribution in [2.45, 2.75) is 75.7 Å². The summed E-state index contributed by atoms with van der Waals surface area (Å²) in [6.45, 7) is 4.50. The van der Waals surface area contributed by atoms with Crippen molar-refractivity contribution in [3.8, 4) is 16.5 Å². The van der Waals surface area contributed by atoms with Crippen LogP contribution in [0.25, 0.3) is 21.7 Å². The third kappa shape index (κ3) is 7.57. The van der Waals surface area contributed by atoms with Gasteiger partial charge in [-0.2, -0.15) is 4.39 Å². The summed E-state index contributed by atoms with van der Waals surface area (Å²) >= 11 is 1.57. The molecule has 5 aliphatic rings. The molecular formula is C43H46F3N9O5S. The molecule has 0 radical (unpaired) electrons. The van der Waals surface area contributed by atoms with Gasteiger partial charge in [-0.1, -0.05) is 6.07 Å². The molecule has 3 aromatic heterocycles. The molecule has 320 valence electrons. The Labute approximate surface area is 352 Å². The summed E-state index contributed by atoms with van der Waals surface area (Å²) in [6.07, 6.45) is 9.17. The summed E-state index contributed by atoms with van der Waals surface area (Å²) in [6, 6.07) is 7.65. The number of nitrogens with one attached hydrogen (secondary N) is 2. The van der Waals surface area contributed by atoms with E-state index in [0.29, 0.717) is 24.0 Å². The Bertz CT molecular complexity index is 2590. The van der Waals surface area contributed by atoms with Crippen molar-refractivity contribution < 1.29 is 32.7 Å². The van der Waals surface area contributed by atoms with Crippen LogP contribution in [0.3, 0.4) is 0 Å². The van der Waals surface area contributed by atoms with Gasteiger partial charge < -0.3 is 15.3 Å². The number of piperidine rings is 1. The molecule has 0 spiro atoms. The molecule has 10 rings (SSSR count). The van der Waals surface area contributed by atoms with E-state index in [4.69, 9.17) is 9.97 Å². The number of aromatic hydroxyl groups is 1. The van der Waals surface area contributed by atoms with Gasteiger partial charge in [-0.3, -0.25) is 33.7 Å². The predicted octanol–water partition coefficient (Wildman–Crippen LogP) is 5.13. The first-order valence-electron chi connectivity index (χ1n) is 20.8. The maximum Gasteiger partial charge on any atom is 0.329 e. The van der Waals surface area contributed by atoms with Crippen molar-refractivity contribution in [1.82, 2.24) is 39.6 Å². The highest BCUT2D eigenvalue weighted by Crippen LogP contribution is 2.57. The van der Waals surface area contributed by atoms with E-state index in [1.54, 1.807) is 29.1 Å². The SMILES string of the molecule is Cn1c(=O)n(C2CCC(=O)NC2=O)c2ccc(CCCN3CCN(c4nccc(-c5nc([C@]67CC[C@](CNC(=O)c8cc(F)c(O)c(F)c8F)(CC6)CC7)cs5)n4)CC3)cc21. The summed E-state index contributed by atoms with van der Waals surface area (Å²) in [7, 11) is 1.71. The zero-order valence-electron chi connectivity index (χ0n) is 33.7. The number of phenols is 1. The minimum Gasteiger partial charge on any atom is -0.503 e. The second-order valence-corrected chi connectivity index (χ2v) is 17.9. The first-order valence-corrected chi connectivity index (χ1v) is 21.7. The van der Waals surface area contributed by atoms with Gasteiger partial charge >= 0.3 is 5.69 Å². The number of nitrogens with zero attached hydrogens (tertiary/aromatic N) is 7. The number of benzene rings is 2. The van der Waals surface area contributed by atoms with Crippen LogP contribution in [-0.4, -0.2) is 91.1 Å². The highest BCUT2D eigenvalue weighted by molar-refractivity contribution is 7.13. The third-order valence-corrected chi connectivity index (χ3v) is 14.4. The van der Waals surface area contributed by atoms with Crippen LogP contribution in [-0.2, 0) is 28.5 Å². The molecule has 1 unspecified atom stereocenters. The molecule has 3 amide bonds. The number of fused-ring (bicyclic) bond motifs is 4. The number of carbonyl (C=O) groups is 3. The van der Waals surface area contributed by atoms with Gasteiger partial charge in [0, 0.05) is 63.2 Å². The quantitative estimate of drug-likeness (QED) is 0.120. The monoisotopic (exact) mass is 857 g/mol. The van der Waals surface area contributed by atoms with Crippen molar-refractivity contribution in [2.24, 2.45) is 12.5 Å². The number of aromatic nitrogens is 5. The number of anilines is 1. The topological polar surface area (TPSA) is 168 Å². The molecule has 61 heavy (non-hydrogen) atoms. The van der Waals surface area contributed by atoms with E-state index >= 15 is 0 Å². The molecule has 2 aliphatic heterocycles. The Morgan fingerprint density at radius 1 is 0.967 bits per heavy atom. The van der Waals surface area contributed by atoms with Crippen molar-refractivity contribution in [3.63, 3.8) is 0 Å². The van der Waals surface area contributed by atoms with E-state index in [1.807, 2.05) is 24.3 Å². The summed E-state index contributed by atoms with van der Waals surface area (Å²) in [4.78, 5) is 69.4. The van der Waals surface area contributed by atoms with Crippen LogP contribution >= 0.6 is 11.3 Å². The zero-order valence-corrected chi connectivity index (χ0v) is 34.5. The van der Waals surface area contributed by atoms with Crippen molar-refractivity contribution in [3.05, 3.63) is 86.7 Å². The molecule has 3 saturated carbocycles. The molecule has 18 heteroatoms. The minimum atomic E-state index is -1.78. The molecule has 14 nitrogen and oxygen atoms in total. The Balaban J connectivity index is 0.763. The van der Waals surface area contributed by atoms with Gasteiger partial charge in [0.15, 0.2) is 17.4 Å². The zero-order chi connectivity index (χ0) is 42.6. The maximum absolute atomic E-state index is 14.3. The normalized spacial score (nSPS) is 23.1. The average molecular weight is 858 g/mol. The maximum atomic E-state index is 14.3. The van der Waals surface area contributed by atoms with E-state index in [2.05, 4.69) is 30.8 Å². The lowest BCUT2D eigenvalue weighted by atomic mass is 9.53. The van der Waals surface area contributed by atoms with Gasteiger partial charge in [0.05, 0.1) is 22.3 Å². The van der Waals surface area contributed by atoms with Gasteiger partial charge in [0.25, 0.3) is 5.91 Å².